The number of aliphatic carboxylic acids is 1. The van der Waals surface area contributed by atoms with Crippen molar-refractivity contribution in [2.24, 2.45) is 0 Å². The summed E-state index contributed by atoms with van der Waals surface area (Å²) in [5, 5.41) is 14.1. The van der Waals surface area contributed by atoms with Crippen LogP contribution in [0, 0.1) is 5.41 Å². The van der Waals surface area contributed by atoms with Crippen molar-refractivity contribution in [2.75, 3.05) is 6.26 Å². The maximum absolute atomic E-state index is 10.8. The quantitative estimate of drug-likeness (QED) is 0.596. The van der Waals surface area contributed by atoms with Crippen molar-refractivity contribution >= 4 is 22.0 Å². The highest BCUT2D eigenvalue weighted by atomic mass is 32.2. The molecule has 0 fully saturated rings. The maximum atomic E-state index is 10.8. The highest BCUT2D eigenvalue weighted by Gasteiger charge is 2.18. The minimum Gasteiger partial charge on any atom is -0.481 e. The summed E-state index contributed by atoms with van der Waals surface area (Å²) < 4.78 is 21.7. The van der Waals surface area contributed by atoms with Crippen molar-refractivity contribution in [1.29, 1.82) is 5.41 Å². The average molecular weight is 193 g/mol. The number of carboxylic acids is 1. The molecule has 0 spiro atoms. The summed E-state index contributed by atoms with van der Waals surface area (Å²) in [6, 6.07) is 0. The summed E-state index contributed by atoms with van der Waals surface area (Å²) in [6.45, 7) is 0. The van der Waals surface area contributed by atoms with Gasteiger partial charge in [0, 0.05) is 18.9 Å². The van der Waals surface area contributed by atoms with Gasteiger partial charge in [0.25, 0.3) is 0 Å². The molecule has 0 aliphatic carbocycles. The van der Waals surface area contributed by atoms with Gasteiger partial charge >= 0.3 is 5.97 Å². The molecule has 1 unspecified atom stereocenters. The molecule has 0 aromatic heterocycles. The van der Waals surface area contributed by atoms with Crippen molar-refractivity contribution in [3.8, 4) is 0 Å². The van der Waals surface area contributed by atoms with Crippen LogP contribution in [0.1, 0.15) is 12.8 Å². The summed E-state index contributed by atoms with van der Waals surface area (Å²) in [7, 11) is -3.32. The van der Waals surface area contributed by atoms with Gasteiger partial charge in [0.1, 0.15) is 0 Å². The first-order valence-corrected chi connectivity index (χ1v) is 5.24. The predicted molar refractivity (Wildman–Crippen MR) is 44.3 cm³/mol. The van der Waals surface area contributed by atoms with Gasteiger partial charge in [-0.15, -0.1) is 0 Å². The largest absolute Gasteiger partial charge is 0.481 e. The molecule has 0 aliphatic rings. The molecule has 0 rings (SSSR count). The Labute approximate surface area is 70.8 Å². The van der Waals surface area contributed by atoms with E-state index in [9.17, 15) is 13.2 Å². The van der Waals surface area contributed by atoms with Crippen molar-refractivity contribution in [3.63, 3.8) is 0 Å². The van der Waals surface area contributed by atoms with E-state index in [2.05, 4.69) is 0 Å². The second-order valence-corrected chi connectivity index (χ2v) is 4.73. The molecule has 0 saturated carbocycles. The topological polar surface area (TPSA) is 95.3 Å². The first-order chi connectivity index (χ1) is 5.38. The third kappa shape index (κ3) is 4.07. The van der Waals surface area contributed by atoms with Gasteiger partial charge < -0.3 is 10.5 Å². The standard InChI is InChI=1S/C6H11NO4S/c1-12(10,11)5(4-7)2-3-6(8)9/h4-5,7H,2-3H2,1H3,(H,8,9). The second-order valence-electron chi connectivity index (χ2n) is 2.47. The van der Waals surface area contributed by atoms with Gasteiger partial charge in [-0.1, -0.05) is 0 Å². The molecule has 0 bridgehead atoms. The lowest BCUT2D eigenvalue weighted by Crippen LogP contribution is -2.22. The first kappa shape index (κ1) is 11.1. The summed E-state index contributed by atoms with van der Waals surface area (Å²) in [5.74, 6) is -1.05. The zero-order chi connectivity index (χ0) is 9.78. The van der Waals surface area contributed by atoms with Gasteiger partial charge in [-0.3, -0.25) is 4.79 Å². The zero-order valence-electron chi connectivity index (χ0n) is 6.65. The molecule has 6 heteroatoms. The van der Waals surface area contributed by atoms with Crippen LogP contribution >= 0.6 is 0 Å². The highest BCUT2D eigenvalue weighted by Crippen LogP contribution is 2.04. The van der Waals surface area contributed by atoms with Crippen LogP contribution in [-0.2, 0) is 14.6 Å². The number of hydrogen-bond donors (Lipinski definition) is 2. The van der Waals surface area contributed by atoms with Gasteiger partial charge in [-0.05, 0) is 6.42 Å². The number of carboxylic acid groups (broad SMARTS) is 1. The van der Waals surface area contributed by atoms with E-state index in [1.165, 1.54) is 0 Å². The molecule has 2 N–H and O–H groups in total. The van der Waals surface area contributed by atoms with Crippen LogP contribution in [0.3, 0.4) is 0 Å². The minimum atomic E-state index is -3.32. The smallest absolute Gasteiger partial charge is 0.303 e. The Kier molecular flexibility index (Phi) is 3.88. The third-order valence-corrected chi connectivity index (χ3v) is 2.85. The molecular weight excluding hydrogens is 182 g/mol. The van der Waals surface area contributed by atoms with E-state index in [0.717, 1.165) is 12.5 Å². The molecule has 12 heavy (non-hydrogen) atoms. The summed E-state index contributed by atoms with van der Waals surface area (Å²) in [4.78, 5) is 10.1. The number of nitrogens with one attached hydrogen (secondary N) is 1. The molecule has 0 saturated heterocycles. The first-order valence-electron chi connectivity index (χ1n) is 3.29. The van der Waals surface area contributed by atoms with Crippen molar-refractivity contribution < 1.29 is 18.3 Å². The fourth-order valence-corrected chi connectivity index (χ4v) is 1.48. The summed E-state index contributed by atoms with van der Waals surface area (Å²) in [5.41, 5.74) is 0. The maximum Gasteiger partial charge on any atom is 0.303 e. The van der Waals surface area contributed by atoms with Crippen LogP contribution in [0.2, 0.25) is 0 Å². The van der Waals surface area contributed by atoms with Crippen molar-refractivity contribution in [3.05, 3.63) is 0 Å². The molecule has 0 aromatic rings. The molecule has 1 atom stereocenters. The number of rotatable bonds is 5. The molecule has 0 heterocycles. The molecule has 5 nitrogen and oxygen atoms in total. The molecule has 0 amide bonds. The van der Waals surface area contributed by atoms with E-state index in [1.807, 2.05) is 0 Å². The molecule has 0 aliphatic heterocycles. The fourth-order valence-electron chi connectivity index (χ4n) is 0.687. The van der Waals surface area contributed by atoms with E-state index in [0.29, 0.717) is 0 Å². The number of hydrogen-bond acceptors (Lipinski definition) is 4. The number of sulfone groups is 1. The van der Waals surface area contributed by atoms with Crippen LogP contribution in [0.4, 0.5) is 0 Å². The Balaban J connectivity index is 4.21. The van der Waals surface area contributed by atoms with Crippen LogP contribution in [0.25, 0.3) is 0 Å². The Morgan fingerprint density at radius 2 is 2.17 bits per heavy atom. The molecule has 70 valence electrons. The Morgan fingerprint density at radius 1 is 1.67 bits per heavy atom. The van der Waals surface area contributed by atoms with Gasteiger partial charge in [0.2, 0.25) is 0 Å². The van der Waals surface area contributed by atoms with Gasteiger partial charge in [0.05, 0.1) is 5.25 Å². The Morgan fingerprint density at radius 3 is 2.42 bits per heavy atom. The normalized spacial score (nSPS) is 13.8. The Hall–Kier alpha value is -0.910. The lowest BCUT2D eigenvalue weighted by molar-refractivity contribution is -0.137. The zero-order valence-corrected chi connectivity index (χ0v) is 7.47. The monoisotopic (exact) mass is 193 g/mol. The second kappa shape index (κ2) is 4.20. The SMILES string of the molecule is CS(=O)(=O)C(C=N)CCC(=O)O. The van der Waals surface area contributed by atoms with Crippen LogP contribution in [0.5, 0.6) is 0 Å². The Bertz CT molecular complexity index is 269. The third-order valence-electron chi connectivity index (χ3n) is 1.38. The van der Waals surface area contributed by atoms with Crippen LogP contribution in [-0.4, -0.2) is 37.2 Å². The van der Waals surface area contributed by atoms with Gasteiger partial charge in [0.15, 0.2) is 9.84 Å². The lowest BCUT2D eigenvalue weighted by Gasteiger charge is -2.06. The van der Waals surface area contributed by atoms with E-state index >= 15 is 0 Å². The fraction of sp³-hybridized carbons (Fsp3) is 0.667. The van der Waals surface area contributed by atoms with Gasteiger partial charge in [-0.2, -0.15) is 0 Å². The predicted octanol–water partition coefficient (Wildman–Crippen LogP) is -0.0860. The minimum absolute atomic E-state index is 0.0301. The van der Waals surface area contributed by atoms with Crippen LogP contribution < -0.4 is 0 Å². The molecule has 0 radical (unpaired) electrons. The highest BCUT2D eigenvalue weighted by molar-refractivity contribution is 7.92. The van der Waals surface area contributed by atoms with E-state index < -0.39 is 21.1 Å². The van der Waals surface area contributed by atoms with Crippen LogP contribution in [0.15, 0.2) is 0 Å². The average Bonchev–Trinajstić information content (AvgIpc) is 1.85. The summed E-state index contributed by atoms with van der Waals surface area (Å²) >= 11 is 0. The van der Waals surface area contributed by atoms with Crippen molar-refractivity contribution in [2.45, 2.75) is 18.1 Å². The van der Waals surface area contributed by atoms with E-state index in [-0.39, 0.29) is 12.8 Å². The summed E-state index contributed by atoms with van der Waals surface area (Å²) in [6.07, 6.45) is 1.49. The molecular formula is C6H11NO4S. The van der Waals surface area contributed by atoms with E-state index in [1.54, 1.807) is 0 Å². The van der Waals surface area contributed by atoms with E-state index in [4.69, 9.17) is 10.5 Å². The number of carbonyl (C=O) groups is 1. The van der Waals surface area contributed by atoms with Crippen molar-refractivity contribution in [1.82, 2.24) is 0 Å². The lowest BCUT2D eigenvalue weighted by atomic mass is 10.2. The molecule has 0 aromatic carbocycles. The van der Waals surface area contributed by atoms with Gasteiger partial charge in [-0.25, -0.2) is 8.42 Å².